The Bertz CT molecular complexity index is 754. The van der Waals surface area contributed by atoms with Crippen molar-refractivity contribution in [2.45, 2.75) is 25.3 Å². The molecule has 1 aromatic carbocycles. The van der Waals surface area contributed by atoms with Crippen LogP contribution in [0.3, 0.4) is 0 Å². The number of aryl methyl sites for hydroxylation is 1. The number of sulfonamides is 1. The smallest absolute Gasteiger partial charge is 0.263 e. The predicted octanol–water partition coefficient (Wildman–Crippen LogP) is 3.65. The normalized spacial score (nSPS) is 11.6. The van der Waals surface area contributed by atoms with Crippen molar-refractivity contribution in [1.29, 1.82) is 0 Å². The highest BCUT2D eigenvalue weighted by atomic mass is 79.9. The molecule has 0 radical (unpaired) electrons. The quantitative estimate of drug-likeness (QED) is 0.821. The number of anilines is 1. The zero-order chi connectivity index (χ0) is 15.6. The zero-order valence-corrected chi connectivity index (χ0v) is 15.2. The first-order chi connectivity index (χ1) is 9.85. The number of halogens is 1. The lowest BCUT2D eigenvalue weighted by Gasteiger charge is -2.11. The molecule has 0 saturated heterocycles. The van der Waals surface area contributed by atoms with Crippen molar-refractivity contribution in [1.82, 2.24) is 5.32 Å². The molecule has 0 saturated carbocycles. The maximum Gasteiger partial charge on any atom is 0.263 e. The van der Waals surface area contributed by atoms with E-state index < -0.39 is 10.0 Å². The molecule has 1 aromatic heterocycles. The van der Waals surface area contributed by atoms with Crippen LogP contribution in [-0.4, -0.2) is 15.5 Å². The Labute approximate surface area is 137 Å². The number of nitrogens with one attached hydrogen (secondary N) is 2. The molecule has 0 aliphatic carbocycles. The maximum absolute atomic E-state index is 12.6. The number of hydrogen-bond donors (Lipinski definition) is 2. The van der Waals surface area contributed by atoms with Gasteiger partial charge in [0.25, 0.3) is 10.0 Å². The standard InChI is InChI=1S/C14H17BrN2O2S2/c1-9-12(15)5-4-6-13(9)17-21(18,19)14-7-11(8-16-3)20-10(14)2/h4-7,16-17H,8H2,1-3H3. The summed E-state index contributed by atoms with van der Waals surface area (Å²) in [4.78, 5) is 2.14. The van der Waals surface area contributed by atoms with Crippen LogP contribution in [0.15, 0.2) is 33.6 Å². The van der Waals surface area contributed by atoms with E-state index in [4.69, 9.17) is 0 Å². The van der Waals surface area contributed by atoms with Gasteiger partial charge >= 0.3 is 0 Å². The van der Waals surface area contributed by atoms with E-state index in [2.05, 4.69) is 26.0 Å². The highest BCUT2D eigenvalue weighted by Gasteiger charge is 2.20. The molecule has 21 heavy (non-hydrogen) atoms. The average molecular weight is 389 g/mol. The summed E-state index contributed by atoms with van der Waals surface area (Å²) < 4.78 is 28.7. The van der Waals surface area contributed by atoms with Gasteiger partial charge in [0.05, 0.1) is 5.69 Å². The Hall–Kier alpha value is -0.890. The van der Waals surface area contributed by atoms with Crippen molar-refractivity contribution < 1.29 is 8.42 Å². The number of rotatable bonds is 5. The van der Waals surface area contributed by atoms with E-state index in [1.807, 2.05) is 33.0 Å². The minimum Gasteiger partial charge on any atom is -0.315 e. The topological polar surface area (TPSA) is 58.2 Å². The molecule has 0 aliphatic rings. The summed E-state index contributed by atoms with van der Waals surface area (Å²) in [6, 6.07) is 7.18. The molecule has 0 fully saturated rings. The number of hydrogen-bond acceptors (Lipinski definition) is 4. The summed E-state index contributed by atoms with van der Waals surface area (Å²) >= 11 is 4.90. The summed E-state index contributed by atoms with van der Waals surface area (Å²) in [5.41, 5.74) is 1.45. The SMILES string of the molecule is CNCc1cc(S(=O)(=O)Nc2cccc(Br)c2C)c(C)s1. The molecule has 1 heterocycles. The first-order valence-corrected chi connectivity index (χ1v) is 9.46. The first kappa shape index (κ1) is 16.5. The highest BCUT2D eigenvalue weighted by Crippen LogP contribution is 2.30. The lowest BCUT2D eigenvalue weighted by molar-refractivity contribution is 0.601. The minimum absolute atomic E-state index is 0.345. The third kappa shape index (κ3) is 3.66. The molecular formula is C14H17BrN2O2S2. The molecule has 0 amide bonds. The van der Waals surface area contributed by atoms with Gasteiger partial charge in [-0.1, -0.05) is 22.0 Å². The molecule has 0 aliphatic heterocycles. The van der Waals surface area contributed by atoms with E-state index in [9.17, 15) is 8.42 Å². The van der Waals surface area contributed by atoms with E-state index in [1.54, 1.807) is 12.1 Å². The van der Waals surface area contributed by atoms with Crippen LogP contribution in [0.4, 0.5) is 5.69 Å². The second-order valence-electron chi connectivity index (χ2n) is 4.68. The van der Waals surface area contributed by atoms with Crippen LogP contribution in [0.25, 0.3) is 0 Å². The number of benzene rings is 1. The largest absolute Gasteiger partial charge is 0.315 e. The van der Waals surface area contributed by atoms with E-state index in [0.29, 0.717) is 17.1 Å². The number of thiophene rings is 1. The van der Waals surface area contributed by atoms with Gasteiger partial charge < -0.3 is 5.32 Å². The van der Waals surface area contributed by atoms with Crippen molar-refractivity contribution in [3.63, 3.8) is 0 Å². The van der Waals surface area contributed by atoms with E-state index in [1.165, 1.54) is 11.3 Å². The zero-order valence-electron chi connectivity index (χ0n) is 12.0. The lowest BCUT2D eigenvalue weighted by Crippen LogP contribution is -2.14. The van der Waals surface area contributed by atoms with Gasteiger partial charge in [0.15, 0.2) is 0 Å². The Morgan fingerprint density at radius 1 is 1.29 bits per heavy atom. The molecule has 4 nitrogen and oxygen atoms in total. The summed E-state index contributed by atoms with van der Waals surface area (Å²) in [6.45, 7) is 4.36. The lowest BCUT2D eigenvalue weighted by atomic mass is 10.2. The Kier molecular flexibility index (Phi) is 5.08. The van der Waals surface area contributed by atoms with Gasteiger partial charge in [0.2, 0.25) is 0 Å². The van der Waals surface area contributed by atoms with Gasteiger partial charge in [-0.3, -0.25) is 4.72 Å². The van der Waals surface area contributed by atoms with Crippen LogP contribution in [-0.2, 0) is 16.6 Å². The second-order valence-corrected chi connectivity index (χ2v) is 8.53. The van der Waals surface area contributed by atoms with Crippen LogP contribution in [0.2, 0.25) is 0 Å². The Morgan fingerprint density at radius 2 is 2.00 bits per heavy atom. The van der Waals surface area contributed by atoms with Gasteiger partial charge in [-0.2, -0.15) is 0 Å². The van der Waals surface area contributed by atoms with Gasteiger partial charge in [-0.25, -0.2) is 8.42 Å². The second kappa shape index (κ2) is 6.48. The van der Waals surface area contributed by atoms with Crippen molar-refractivity contribution in [2.24, 2.45) is 0 Å². The minimum atomic E-state index is -3.57. The van der Waals surface area contributed by atoms with Crippen molar-refractivity contribution >= 4 is 43.0 Å². The molecule has 0 atom stereocenters. The molecule has 2 aromatic rings. The fraction of sp³-hybridized carbons (Fsp3) is 0.286. The van der Waals surface area contributed by atoms with Gasteiger partial charge in [0.1, 0.15) is 4.90 Å². The summed E-state index contributed by atoms with van der Waals surface area (Å²) in [7, 11) is -1.73. The van der Waals surface area contributed by atoms with E-state index in [-0.39, 0.29) is 0 Å². The Balaban J connectivity index is 2.36. The van der Waals surface area contributed by atoms with Crippen LogP contribution >= 0.6 is 27.3 Å². The predicted molar refractivity (Wildman–Crippen MR) is 91.5 cm³/mol. The monoisotopic (exact) mass is 388 g/mol. The fourth-order valence-electron chi connectivity index (χ4n) is 1.97. The molecule has 0 spiro atoms. The summed E-state index contributed by atoms with van der Waals surface area (Å²) in [5, 5.41) is 3.03. The average Bonchev–Trinajstić information content (AvgIpc) is 2.77. The molecule has 2 rings (SSSR count). The van der Waals surface area contributed by atoms with Gasteiger partial charge in [0, 0.05) is 20.8 Å². The molecular weight excluding hydrogens is 372 g/mol. The van der Waals surface area contributed by atoms with E-state index >= 15 is 0 Å². The Morgan fingerprint density at radius 3 is 2.67 bits per heavy atom. The highest BCUT2D eigenvalue weighted by molar-refractivity contribution is 9.10. The molecule has 7 heteroatoms. The van der Waals surface area contributed by atoms with Crippen LogP contribution in [0.1, 0.15) is 15.3 Å². The first-order valence-electron chi connectivity index (χ1n) is 6.37. The molecule has 0 unspecified atom stereocenters. The van der Waals surface area contributed by atoms with Gasteiger partial charge in [-0.15, -0.1) is 11.3 Å². The van der Waals surface area contributed by atoms with E-state index in [0.717, 1.165) is 19.8 Å². The summed E-state index contributed by atoms with van der Waals surface area (Å²) in [6.07, 6.45) is 0. The van der Waals surface area contributed by atoms with Gasteiger partial charge in [-0.05, 0) is 44.7 Å². The molecule has 114 valence electrons. The van der Waals surface area contributed by atoms with Crippen LogP contribution in [0.5, 0.6) is 0 Å². The molecule has 0 bridgehead atoms. The maximum atomic E-state index is 12.6. The third-order valence-corrected chi connectivity index (χ3v) is 6.61. The van der Waals surface area contributed by atoms with Crippen molar-refractivity contribution in [3.05, 3.63) is 44.1 Å². The van der Waals surface area contributed by atoms with Crippen molar-refractivity contribution in [2.75, 3.05) is 11.8 Å². The third-order valence-electron chi connectivity index (χ3n) is 3.08. The fourth-order valence-corrected chi connectivity index (χ4v) is 5.11. The molecule has 2 N–H and O–H groups in total. The summed E-state index contributed by atoms with van der Waals surface area (Å²) in [5.74, 6) is 0. The van der Waals surface area contributed by atoms with Crippen LogP contribution < -0.4 is 10.0 Å². The van der Waals surface area contributed by atoms with Crippen LogP contribution in [0, 0.1) is 13.8 Å². The van der Waals surface area contributed by atoms with Crippen molar-refractivity contribution in [3.8, 4) is 0 Å².